The van der Waals surface area contributed by atoms with Gasteiger partial charge in [0.2, 0.25) is 11.8 Å². The van der Waals surface area contributed by atoms with Crippen molar-refractivity contribution in [2.24, 2.45) is 0 Å². The summed E-state index contributed by atoms with van der Waals surface area (Å²) in [5, 5.41) is 6.13. The average Bonchev–Trinajstić information content (AvgIpc) is 2.69. The molecule has 7 heteroatoms. The first-order valence-electron chi connectivity index (χ1n) is 8.67. The van der Waals surface area contributed by atoms with E-state index in [1.807, 2.05) is 24.3 Å². The average molecular weight is 452 g/mol. The molecule has 0 aliphatic carbocycles. The number of carbonyl (C=O) groups excluding carboxylic acids is 2. The van der Waals surface area contributed by atoms with Gasteiger partial charge in [0.25, 0.3) is 0 Å². The molecule has 3 rings (SSSR count). The van der Waals surface area contributed by atoms with Crippen LogP contribution in [0.3, 0.4) is 0 Å². The zero-order chi connectivity index (χ0) is 19.3. The van der Waals surface area contributed by atoms with Crippen LogP contribution in [0.2, 0.25) is 5.02 Å². The Morgan fingerprint density at radius 3 is 2.30 bits per heavy atom. The number of rotatable bonds is 5. The Kier molecular flexibility index (Phi) is 6.52. The van der Waals surface area contributed by atoms with Crippen LogP contribution in [0.1, 0.15) is 18.4 Å². The summed E-state index contributed by atoms with van der Waals surface area (Å²) in [6.45, 7) is 0.932. The predicted octanol–water partition coefficient (Wildman–Crippen LogP) is 3.91. The Morgan fingerprint density at radius 2 is 1.67 bits per heavy atom. The summed E-state index contributed by atoms with van der Waals surface area (Å²) in [7, 11) is 0. The lowest BCUT2D eigenvalue weighted by molar-refractivity contribution is -0.132. The lowest BCUT2D eigenvalue weighted by Crippen LogP contribution is -2.49. The van der Waals surface area contributed by atoms with Crippen LogP contribution in [0.5, 0.6) is 0 Å². The zero-order valence-corrected chi connectivity index (χ0v) is 17.0. The van der Waals surface area contributed by atoms with E-state index in [0.717, 1.165) is 10.0 Å². The van der Waals surface area contributed by atoms with Gasteiger partial charge in [0.1, 0.15) is 0 Å². The maximum Gasteiger partial charge on any atom is 0.243 e. The minimum absolute atomic E-state index is 0.0966. The number of carbonyl (C=O) groups is 2. The van der Waals surface area contributed by atoms with Gasteiger partial charge in [0.05, 0.1) is 12.0 Å². The molecule has 5 nitrogen and oxygen atoms in total. The maximum atomic E-state index is 13.0. The Bertz CT molecular complexity index is 803. The molecular formula is C20H20BrClN2O3. The van der Waals surface area contributed by atoms with Crippen LogP contribution in [-0.2, 0) is 19.7 Å². The standard InChI is InChI=1S/C20H20BrClN2O3/c21-15-3-1-14(2-4-15)20(9-11-27-12-10-20)19(26)23-13-18(25)24-17-7-5-16(22)6-8-17/h1-8H,9-13H2,(H,23,26)(H,24,25). The number of anilines is 1. The Morgan fingerprint density at radius 1 is 1.04 bits per heavy atom. The maximum absolute atomic E-state index is 13.0. The Labute approximate surface area is 171 Å². The second kappa shape index (κ2) is 8.87. The van der Waals surface area contributed by atoms with E-state index in [-0.39, 0.29) is 18.4 Å². The van der Waals surface area contributed by atoms with Crippen molar-refractivity contribution in [2.45, 2.75) is 18.3 Å². The largest absolute Gasteiger partial charge is 0.381 e. The minimum Gasteiger partial charge on any atom is -0.381 e. The van der Waals surface area contributed by atoms with Crippen molar-refractivity contribution in [2.75, 3.05) is 25.1 Å². The van der Waals surface area contributed by atoms with Crippen LogP contribution >= 0.6 is 27.5 Å². The highest BCUT2D eigenvalue weighted by Crippen LogP contribution is 2.35. The number of ether oxygens (including phenoxy) is 1. The van der Waals surface area contributed by atoms with E-state index in [4.69, 9.17) is 16.3 Å². The number of hydrogen-bond donors (Lipinski definition) is 2. The molecule has 0 radical (unpaired) electrons. The van der Waals surface area contributed by atoms with Gasteiger partial charge in [-0.1, -0.05) is 39.7 Å². The van der Waals surface area contributed by atoms with E-state index in [0.29, 0.717) is 36.8 Å². The molecule has 0 bridgehead atoms. The molecule has 0 atom stereocenters. The first-order valence-corrected chi connectivity index (χ1v) is 9.84. The number of hydrogen-bond acceptors (Lipinski definition) is 3. The van der Waals surface area contributed by atoms with Gasteiger partial charge in [0, 0.05) is 28.4 Å². The molecule has 1 fully saturated rings. The molecule has 2 aromatic carbocycles. The van der Waals surface area contributed by atoms with Crippen LogP contribution in [0.25, 0.3) is 0 Å². The first-order chi connectivity index (χ1) is 13.0. The van der Waals surface area contributed by atoms with E-state index in [1.54, 1.807) is 24.3 Å². The Balaban J connectivity index is 1.66. The van der Waals surface area contributed by atoms with Crippen LogP contribution in [0.15, 0.2) is 53.0 Å². The van der Waals surface area contributed by atoms with E-state index in [9.17, 15) is 9.59 Å². The smallest absolute Gasteiger partial charge is 0.243 e. The molecule has 2 amide bonds. The lowest BCUT2D eigenvalue weighted by Gasteiger charge is -2.36. The summed E-state index contributed by atoms with van der Waals surface area (Å²) in [5.41, 5.74) is 0.886. The molecule has 1 saturated heterocycles. The van der Waals surface area contributed by atoms with Crippen LogP contribution in [-0.4, -0.2) is 31.6 Å². The van der Waals surface area contributed by atoms with Crippen molar-refractivity contribution in [3.05, 3.63) is 63.6 Å². The summed E-state index contributed by atoms with van der Waals surface area (Å²) >= 11 is 9.26. The molecule has 0 unspecified atom stereocenters. The minimum atomic E-state index is -0.681. The van der Waals surface area contributed by atoms with Crippen molar-refractivity contribution < 1.29 is 14.3 Å². The summed E-state index contributed by atoms with van der Waals surface area (Å²) < 4.78 is 6.41. The third kappa shape index (κ3) is 4.89. The normalized spacial score (nSPS) is 15.8. The molecular weight excluding hydrogens is 432 g/mol. The van der Waals surface area contributed by atoms with Gasteiger partial charge in [-0.3, -0.25) is 9.59 Å². The summed E-state index contributed by atoms with van der Waals surface area (Å²) in [4.78, 5) is 25.2. The van der Waals surface area contributed by atoms with Crippen molar-refractivity contribution in [1.29, 1.82) is 0 Å². The zero-order valence-electron chi connectivity index (χ0n) is 14.6. The topological polar surface area (TPSA) is 67.4 Å². The molecule has 0 spiro atoms. The van der Waals surface area contributed by atoms with Gasteiger partial charge < -0.3 is 15.4 Å². The molecule has 27 heavy (non-hydrogen) atoms. The highest BCUT2D eigenvalue weighted by Gasteiger charge is 2.41. The van der Waals surface area contributed by atoms with Crippen LogP contribution in [0, 0.1) is 0 Å². The van der Waals surface area contributed by atoms with E-state index < -0.39 is 5.41 Å². The lowest BCUT2D eigenvalue weighted by atomic mass is 9.73. The number of amides is 2. The van der Waals surface area contributed by atoms with Crippen molar-refractivity contribution in [3.63, 3.8) is 0 Å². The SMILES string of the molecule is O=C(CNC(=O)C1(c2ccc(Br)cc2)CCOCC1)Nc1ccc(Cl)cc1. The molecule has 1 aliphatic heterocycles. The van der Waals surface area contributed by atoms with Gasteiger partial charge in [-0.05, 0) is 54.8 Å². The summed E-state index contributed by atoms with van der Waals surface area (Å²) in [6, 6.07) is 14.6. The molecule has 2 aromatic rings. The molecule has 0 aromatic heterocycles. The quantitative estimate of drug-likeness (QED) is 0.724. The van der Waals surface area contributed by atoms with Crippen LogP contribution in [0.4, 0.5) is 5.69 Å². The van der Waals surface area contributed by atoms with E-state index in [1.165, 1.54) is 0 Å². The molecule has 2 N–H and O–H groups in total. The fraction of sp³-hybridized carbons (Fsp3) is 0.300. The first kappa shape index (κ1) is 19.9. The second-order valence-electron chi connectivity index (χ2n) is 6.44. The number of nitrogens with one attached hydrogen (secondary N) is 2. The third-order valence-corrected chi connectivity index (χ3v) is 5.50. The monoisotopic (exact) mass is 450 g/mol. The van der Waals surface area contributed by atoms with Crippen molar-refractivity contribution in [3.8, 4) is 0 Å². The molecule has 1 aliphatic rings. The highest BCUT2D eigenvalue weighted by atomic mass is 79.9. The van der Waals surface area contributed by atoms with Gasteiger partial charge in [-0.15, -0.1) is 0 Å². The second-order valence-corrected chi connectivity index (χ2v) is 7.79. The molecule has 142 valence electrons. The summed E-state index contributed by atoms with van der Waals surface area (Å²) in [5.74, 6) is -0.442. The number of halogens is 2. The fourth-order valence-electron chi connectivity index (χ4n) is 3.20. The third-order valence-electron chi connectivity index (χ3n) is 4.72. The van der Waals surface area contributed by atoms with E-state index in [2.05, 4.69) is 26.6 Å². The fourth-order valence-corrected chi connectivity index (χ4v) is 3.59. The van der Waals surface area contributed by atoms with Gasteiger partial charge in [0.15, 0.2) is 0 Å². The molecule has 1 heterocycles. The van der Waals surface area contributed by atoms with Crippen molar-refractivity contribution >= 4 is 45.0 Å². The van der Waals surface area contributed by atoms with E-state index >= 15 is 0 Å². The van der Waals surface area contributed by atoms with Gasteiger partial charge >= 0.3 is 0 Å². The molecule has 0 saturated carbocycles. The van der Waals surface area contributed by atoms with Gasteiger partial charge in [-0.2, -0.15) is 0 Å². The van der Waals surface area contributed by atoms with Crippen LogP contribution < -0.4 is 10.6 Å². The Hall–Kier alpha value is -1.89. The predicted molar refractivity (Wildman–Crippen MR) is 109 cm³/mol. The van der Waals surface area contributed by atoms with Crippen molar-refractivity contribution in [1.82, 2.24) is 5.32 Å². The summed E-state index contributed by atoms with van der Waals surface area (Å²) in [6.07, 6.45) is 1.17. The number of benzene rings is 2. The highest BCUT2D eigenvalue weighted by molar-refractivity contribution is 9.10. The van der Waals surface area contributed by atoms with Gasteiger partial charge in [-0.25, -0.2) is 0 Å².